The Morgan fingerprint density at radius 3 is 1.92 bits per heavy atom. The Morgan fingerprint density at radius 2 is 1.67 bits per heavy atom. The average molecular weight is 200 g/mol. The molecule has 0 aromatic heterocycles. The van der Waals surface area contributed by atoms with Crippen LogP contribution in [0.5, 0.6) is 0 Å². The van der Waals surface area contributed by atoms with Gasteiger partial charge in [-0.25, -0.2) is 0 Å². The van der Waals surface area contributed by atoms with Crippen molar-refractivity contribution < 1.29 is 20.1 Å². The van der Waals surface area contributed by atoms with Crippen molar-refractivity contribution in [2.45, 2.75) is 31.3 Å². The van der Waals surface area contributed by atoms with Crippen LogP contribution >= 0.6 is 12.4 Å². The molecule has 0 unspecified atom stereocenters. The first kappa shape index (κ1) is 14.3. The van der Waals surface area contributed by atoms with E-state index >= 15 is 0 Å². The van der Waals surface area contributed by atoms with E-state index in [1.165, 1.54) is 6.92 Å². The monoisotopic (exact) mass is 199 g/mol. The van der Waals surface area contributed by atoms with Gasteiger partial charge in [-0.15, -0.1) is 12.4 Å². The molecule has 0 aromatic rings. The van der Waals surface area contributed by atoms with E-state index in [1.54, 1.807) is 0 Å². The van der Waals surface area contributed by atoms with Crippen molar-refractivity contribution in [1.29, 1.82) is 0 Å². The molecule has 0 radical (unpaired) electrons. The highest BCUT2D eigenvalue weighted by Gasteiger charge is 2.26. The van der Waals surface area contributed by atoms with Crippen LogP contribution in [-0.4, -0.2) is 46.0 Å². The predicted molar refractivity (Wildman–Crippen MR) is 45.0 cm³/mol. The minimum Gasteiger partial charge on any atom is -0.391 e. The van der Waals surface area contributed by atoms with Gasteiger partial charge in [-0.05, 0) is 6.92 Å². The number of carbonyl (C=O) groups excluding carboxylic acids is 1. The van der Waals surface area contributed by atoms with E-state index in [1.807, 2.05) is 0 Å². The van der Waals surface area contributed by atoms with Crippen molar-refractivity contribution in [1.82, 2.24) is 0 Å². The Labute approximate surface area is 76.6 Å². The lowest BCUT2D eigenvalue weighted by Crippen LogP contribution is -2.48. The molecular formula is C6H14ClNO4. The van der Waals surface area contributed by atoms with Gasteiger partial charge in [0.25, 0.3) is 0 Å². The number of nitrogens with two attached hydrogens (primary N) is 1. The molecule has 0 saturated heterocycles. The quantitative estimate of drug-likeness (QED) is 0.394. The van der Waals surface area contributed by atoms with Crippen LogP contribution in [0.3, 0.4) is 0 Å². The van der Waals surface area contributed by atoms with Crippen LogP contribution in [0, 0.1) is 0 Å². The SMILES string of the molecule is C[C@@H](O)[C@H](O)[C@H](O)[C@@H](N)C=O.Cl. The van der Waals surface area contributed by atoms with Gasteiger partial charge in [-0.3, -0.25) is 0 Å². The lowest BCUT2D eigenvalue weighted by Gasteiger charge is -2.21. The van der Waals surface area contributed by atoms with Gasteiger partial charge in [0.1, 0.15) is 18.5 Å². The van der Waals surface area contributed by atoms with Gasteiger partial charge in [0, 0.05) is 0 Å². The minimum absolute atomic E-state index is 0. The second-order valence-electron chi connectivity index (χ2n) is 2.44. The Bertz CT molecular complexity index is 133. The van der Waals surface area contributed by atoms with Crippen LogP contribution < -0.4 is 5.73 Å². The molecule has 0 bridgehead atoms. The molecule has 5 N–H and O–H groups in total. The Hall–Kier alpha value is -0.200. The normalized spacial score (nSPS) is 20.1. The number of aliphatic hydroxyl groups is 3. The maximum Gasteiger partial charge on any atom is 0.139 e. The summed E-state index contributed by atoms with van der Waals surface area (Å²) in [6.45, 7) is 1.30. The zero-order chi connectivity index (χ0) is 9.02. The predicted octanol–water partition coefficient (Wildman–Crippen LogP) is -1.96. The summed E-state index contributed by atoms with van der Waals surface area (Å²) in [6, 6.07) is -1.15. The van der Waals surface area contributed by atoms with Crippen molar-refractivity contribution in [3.63, 3.8) is 0 Å². The molecule has 12 heavy (non-hydrogen) atoms. The van der Waals surface area contributed by atoms with Crippen LogP contribution in [0.1, 0.15) is 6.92 Å². The zero-order valence-corrected chi connectivity index (χ0v) is 7.44. The summed E-state index contributed by atoms with van der Waals surface area (Å²) in [6.07, 6.45) is -3.57. The molecule has 0 saturated carbocycles. The average Bonchev–Trinajstić information content (AvgIpc) is 2.00. The Kier molecular flexibility index (Phi) is 7.56. The van der Waals surface area contributed by atoms with Gasteiger partial charge in [0.15, 0.2) is 0 Å². The molecule has 0 spiro atoms. The number of hydrogen-bond donors (Lipinski definition) is 4. The molecule has 0 rings (SSSR count). The molecular weight excluding hydrogens is 186 g/mol. The molecule has 0 aromatic carbocycles. The summed E-state index contributed by atoms with van der Waals surface area (Å²) < 4.78 is 0. The topological polar surface area (TPSA) is 104 Å². The highest BCUT2D eigenvalue weighted by atomic mass is 35.5. The summed E-state index contributed by atoms with van der Waals surface area (Å²) in [5.74, 6) is 0. The zero-order valence-electron chi connectivity index (χ0n) is 6.62. The summed E-state index contributed by atoms with van der Waals surface area (Å²) in [5, 5.41) is 26.7. The fraction of sp³-hybridized carbons (Fsp3) is 0.833. The number of aliphatic hydroxyl groups excluding tert-OH is 3. The third kappa shape index (κ3) is 3.99. The smallest absolute Gasteiger partial charge is 0.139 e. The second-order valence-corrected chi connectivity index (χ2v) is 2.44. The number of carbonyl (C=O) groups is 1. The molecule has 74 valence electrons. The molecule has 0 heterocycles. The first-order valence-electron chi connectivity index (χ1n) is 3.25. The maximum atomic E-state index is 10.00. The maximum absolute atomic E-state index is 10.00. The van der Waals surface area contributed by atoms with Crippen LogP contribution in [0.2, 0.25) is 0 Å². The second kappa shape index (κ2) is 6.33. The number of hydrogen-bond acceptors (Lipinski definition) is 5. The lowest BCUT2D eigenvalue weighted by atomic mass is 10.0. The minimum atomic E-state index is -1.41. The van der Waals surface area contributed by atoms with Crippen LogP contribution in [0.25, 0.3) is 0 Å². The Balaban J connectivity index is 0. The summed E-state index contributed by atoms with van der Waals surface area (Å²) in [5.41, 5.74) is 5.07. The van der Waals surface area contributed by atoms with Crippen molar-refractivity contribution >= 4 is 18.7 Å². The van der Waals surface area contributed by atoms with E-state index in [2.05, 4.69) is 0 Å². The lowest BCUT2D eigenvalue weighted by molar-refractivity contribution is -0.115. The van der Waals surface area contributed by atoms with Crippen molar-refractivity contribution in [3.05, 3.63) is 0 Å². The van der Waals surface area contributed by atoms with E-state index in [0.717, 1.165) is 0 Å². The summed E-state index contributed by atoms with van der Waals surface area (Å²) >= 11 is 0. The van der Waals surface area contributed by atoms with E-state index in [4.69, 9.17) is 21.1 Å². The van der Waals surface area contributed by atoms with Gasteiger partial charge in [-0.2, -0.15) is 0 Å². The van der Waals surface area contributed by atoms with Crippen LogP contribution in [0.4, 0.5) is 0 Å². The van der Waals surface area contributed by atoms with Gasteiger partial charge >= 0.3 is 0 Å². The largest absolute Gasteiger partial charge is 0.391 e. The van der Waals surface area contributed by atoms with Gasteiger partial charge in [0.2, 0.25) is 0 Å². The highest BCUT2D eigenvalue weighted by Crippen LogP contribution is 2.01. The third-order valence-corrected chi connectivity index (χ3v) is 1.40. The van der Waals surface area contributed by atoms with Gasteiger partial charge < -0.3 is 25.8 Å². The molecule has 0 fully saturated rings. The third-order valence-electron chi connectivity index (χ3n) is 1.40. The van der Waals surface area contributed by atoms with Crippen LogP contribution in [0.15, 0.2) is 0 Å². The molecule has 0 amide bonds. The van der Waals surface area contributed by atoms with Gasteiger partial charge in [0.05, 0.1) is 12.1 Å². The fourth-order valence-corrected chi connectivity index (χ4v) is 0.594. The van der Waals surface area contributed by atoms with Crippen molar-refractivity contribution in [3.8, 4) is 0 Å². The fourth-order valence-electron chi connectivity index (χ4n) is 0.594. The molecule has 4 atom stereocenters. The highest BCUT2D eigenvalue weighted by molar-refractivity contribution is 5.85. The van der Waals surface area contributed by atoms with E-state index in [-0.39, 0.29) is 12.4 Å². The molecule has 0 aliphatic rings. The number of aldehydes is 1. The molecule has 0 aliphatic carbocycles. The first-order valence-corrected chi connectivity index (χ1v) is 3.25. The first-order chi connectivity index (χ1) is 5.00. The molecule has 5 nitrogen and oxygen atoms in total. The number of rotatable bonds is 4. The van der Waals surface area contributed by atoms with Crippen LogP contribution in [-0.2, 0) is 4.79 Å². The van der Waals surface area contributed by atoms with E-state index in [0.29, 0.717) is 6.29 Å². The summed E-state index contributed by atoms with van der Waals surface area (Å²) in [4.78, 5) is 10.00. The Morgan fingerprint density at radius 1 is 1.25 bits per heavy atom. The number of halogens is 1. The molecule has 6 heteroatoms. The van der Waals surface area contributed by atoms with Crippen molar-refractivity contribution in [2.24, 2.45) is 5.73 Å². The summed E-state index contributed by atoms with van der Waals surface area (Å²) in [7, 11) is 0. The standard InChI is InChI=1S/C6H13NO4.ClH/c1-3(9)5(10)6(11)4(7)2-8;/h2-6,9-11H,7H2,1H3;1H/t3-,4+,5+,6-;/m1./s1. The van der Waals surface area contributed by atoms with E-state index in [9.17, 15) is 4.79 Å². The van der Waals surface area contributed by atoms with Gasteiger partial charge in [-0.1, -0.05) is 0 Å². The molecule has 0 aliphatic heterocycles. The van der Waals surface area contributed by atoms with Crippen molar-refractivity contribution in [2.75, 3.05) is 0 Å². The van der Waals surface area contributed by atoms with E-state index < -0.39 is 24.4 Å².